The van der Waals surface area contributed by atoms with E-state index in [1.165, 1.54) is 0 Å². The Kier molecular flexibility index (Phi) is 6.81. The predicted molar refractivity (Wildman–Crippen MR) is 108 cm³/mol. The summed E-state index contributed by atoms with van der Waals surface area (Å²) in [6, 6.07) is 9.42. The predicted octanol–water partition coefficient (Wildman–Crippen LogP) is 5.23. The minimum Gasteiger partial charge on any atom is -0.457 e. The van der Waals surface area contributed by atoms with Gasteiger partial charge in [-0.25, -0.2) is 9.79 Å². The average Bonchev–Trinajstić information content (AvgIpc) is 2.60. The molecule has 0 N–H and O–H groups in total. The molecule has 0 aliphatic carbocycles. The van der Waals surface area contributed by atoms with E-state index in [1.54, 1.807) is 6.34 Å². The Hall–Kier alpha value is -2.33. The lowest BCUT2D eigenvalue weighted by Gasteiger charge is -2.12. The van der Waals surface area contributed by atoms with Gasteiger partial charge in [-0.1, -0.05) is 23.7 Å². The molecule has 26 heavy (non-hydrogen) atoms. The van der Waals surface area contributed by atoms with Crippen molar-refractivity contribution in [1.29, 1.82) is 0 Å². The van der Waals surface area contributed by atoms with E-state index in [2.05, 4.69) is 11.9 Å². The standard InChI is InChI=1S/C21H25ClN2O2/c1-6-24(5)13-23-20-11-15(3)18(10-16(20)4)21(25)26-12-17-8-7-14(2)9-19(17)22/h7-11,13H,6,12H2,1-5H3/b23-13+. The number of nitrogens with zero attached hydrogens (tertiary/aromatic N) is 2. The van der Waals surface area contributed by atoms with Crippen molar-refractivity contribution in [3.05, 3.63) is 63.2 Å². The molecule has 2 aromatic carbocycles. The first-order valence-corrected chi connectivity index (χ1v) is 8.97. The third-order valence-corrected chi connectivity index (χ3v) is 4.57. The van der Waals surface area contributed by atoms with Gasteiger partial charge in [-0.15, -0.1) is 0 Å². The van der Waals surface area contributed by atoms with E-state index in [0.29, 0.717) is 10.6 Å². The van der Waals surface area contributed by atoms with Gasteiger partial charge in [0.15, 0.2) is 0 Å². The zero-order valence-electron chi connectivity index (χ0n) is 16.0. The Bertz CT molecular complexity index is 831. The van der Waals surface area contributed by atoms with Crippen LogP contribution in [0.4, 0.5) is 5.69 Å². The lowest BCUT2D eigenvalue weighted by atomic mass is 10.0. The quantitative estimate of drug-likeness (QED) is 0.396. The van der Waals surface area contributed by atoms with Crippen molar-refractivity contribution in [2.24, 2.45) is 4.99 Å². The Morgan fingerprint density at radius 1 is 1.19 bits per heavy atom. The summed E-state index contributed by atoms with van der Waals surface area (Å²) < 4.78 is 5.46. The van der Waals surface area contributed by atoms with E-state index in [4.69, 9.17) is 16.3 Å². The number of rotatable bonds is 6. The number of carbonyl (C=O) groups is 1. The average molecular weight is 373 g/mol. The molecule has 0 aromatic heterocycles. The molecule has 0 atom stereocenters. The topological polar surface area (TPSA) is 41.9 Å². The number of benzene rings is 2. The Morgan fingerprint density at radius 2 is 1.92 bits per heavy atom. The highest BCUT2D eigenvalue weighted by Gasteiger charge is 2.14. The number of aryl methyl sites for hydroxylation is 3. The largest absolute Gasteiger partial charge is 0.457 e. The van der Waals surface area contributed by atoms with Gasteiger partial charge in [-0.3, -0.25) is 0 Å². The molecule has 5 heteroatoms. The molecule has 0 unspecified atom stereocenters. The zero-order valence-corrected chi connectivity index (χ0v) is 16.7. The van der Waals surface area contributed by atoms with E-state index in [9.17, 15) is 4.79 Å². The van der Waals surface area contributed by atoms with Crippen molar-refractivity contribution in [2.45, 2.75) is 34.3 Å². The molecular weight excluding hydrogens is 348 g/mol. The van der Waals surface area contributed by atoms with Crippen LogP contribution in [0, 0.1) is 20.8 Å². The maximum atomic E-state index is 12.5. The van der Waals surface area contributed by atoms with Crippen molar-refractivity contribution in [2.75, 3.05) is 13.6 Å². The molecule has 0 aliphatic rings. The van der Waals surface area contributed by atoms with Crippen molar-refractivity contribution < 1.29 is 9.53 Å². The van der Waals surface area contributed by atoms with Crippen molar-refractivity contribution in [3.63, 3.8) is 0 Å². The summed E-state index contributed by atoms with van der Waals surface area (Å²) in [5.41, 5.74) is 5.03. The number of carbonyl (C=O) groups excluding carboxylic acids is 1. The van der Waals surface area contributed by atoms with Gasteiger partial charge in [-0.2, -0.15) is 0 Å². The third-order valence-electron chi connectivity index (χ3n) is 4.22. The lowest BCUT2D eigenvalue weighted by Crippen LogP contribution is -2.14. The second kappa shape index (κ2) is 8.86. The number of hydrogen-bond acceptors (Lipinski definition) is 3. The van der Waals surface area contributed by atoms with Gasteiger partial charge in [-0.05, 0) is 62.6 Å². The van der Waals surface area contributed by atoms with Gasteiger partial charge < -0.3 is 9.64 Å². The highest BCUT2D eigenvalue weighted by Crippen LogP contribution is 2.25. The van der Waals surface area contributed by atoms with Crippen LogP contribution in [0.2, 0.25) is 5.02 Å². The molecule has 0 fully saturated rings. The van der Waals surface area contributed by atoms with E-state index in [1.807, 2.05) is 63.1 Å². The number of ether oxygens (including phenoxy) is 1. The number of hydrogen-bond donors (Lipinski definition) is 0. The molecule has 0 aliphatic heterocycles. The fourth-order valence-corrected chi connectivity index (χ4v) is 2.68. The minimum absolute atomic E-state index is 0.150. The molecule has 0 spiro atoms. The summed E-state index contributed by atoms with van der Waals surface area (Å²) in [5.74, 6) is -0.358. The van der Waals surface area contributed by atoms with E-state index >= 15 is 0 Å². The SMILES string of the molecule is CCN(C)/C=N/c1cc(C)c(C(=O)OCc2ccc(C)cc2Cl)cc1C. The van der Waals surface area contributed by atoms with E-state index in [-0.39, 0.29) is 12.6 Å². The van der Waals surface area contributed by atoms with E-state index in [0.717, 1.165) is 34.5 Å². The van der Waals surface area contributed by atoms with Crippen molar-refractivity contribution in [3.8, 4) is 0 Å². The fourth-order valence-electron chi connectivity index (χ4n) is 2.39. The zero-order chi connectivity index (χ0) is 19.3. The molecule has 0 saturated heterocycles. The summed E-state index contributed by atoms with van der Waals surface area (Å²) in [6.07, 6.45) is 1.79. The fraction of sp³-hybridized carbons (Fsp3) is 0.333. The van der Waals surface area contributed by atoms with Gasteiger partial charge in [0.05, 0.1) is 17.6 Å². The summed E-state index contributed by atoms with van der Waals surface area (Å²) in [7, 11) is 1.97. The van der Waals surface area contributed by atoms with Crippen LogP contribution in [0.25, 0.3) is 0 Å². The minimum atomic E-state index is -0.358. The maximum Gasteiger partial charge on any atom is 0.338 e. The van der Waals surface area contributed by atoms with Crippen LogP contribution < -0.4 is 0 Å². The van der Waals surface area contributed by atoms with Crippen LogP contribution in [0.15, 0.2) is 35.3 Å². The normalized spacial score (nSPS) is 11.0. The number of halogens is 1. The van der Waals surface area contributed by atoms with Crippen LogP contribution >= 0.6 is 11.6 Å². The molecule has 4 nitrogen and oxygen atoms in total. The van der Waals surface area contributed by atoms with Gasteiger partial charge in [0.25, 0.3) is 0 Å². The van der Waals surface area contributed by atoms with Crippen LogP contribution in [-0.4, -0.2) is 30.8 Å². The highest BCUT2D eigenvalue weighted by molar-refractivity contribution is 6.31. The van der Waals surface area contributed by atoms with Gasteiger partial charge in [0.2, 0.25) is 0 Å². The monoisotopic (exact) mass is 372 g/mol. The van der Waals surface area contributed by atoms with Crippen LogP contribution in [0.1, 0.15) is 39.5 Å². The number of esters is 1. The smallest absolute Gasteiger partial charge is 0.338 e. The molecule has 0 bridgehead atoms. The lowest BCUT2D eigenvalue weighted by molar-refractivity contribution is 0.0472. The molecule has 2 aromatic rings. The summed E-state index contributed by atoms with van der Waals surface area (Å²) >= 11 is 6.20. The molecular formula is C21H25ClN2O2. The Labute approximate surface area is 160 Å². The second-order valence-corrected chi connectivity index (χ2v) is 6.85. The van der Waals surface area contributed by atoms with Gasteiger partial charge in [0.1, 0.15) is 6.61 Å². The van der Waals surface area contributed by atoms with E-state index < -0.39 is 0 Å². The summed E-state index contributed by atoms with van der Waals surface area (Å²) in [5, 5.41) is 0.607. The van der Waals surface area contributed by atoms with Crippen molar-refractivity contribution in [1.82, 2.24) is 4.90 Å². The van der Waals surface area contributed by atoms with Crippen LogP contribution in [0.5, 0.6) is 0 Å². The van der Waals surface area contributed by atoms with Crippen molar-refractivity contribution >= 4 is 29.6 Å². The summed E-state index contributed by atoms with van der Waals surface area (Å²) in [6.45, 7) is 8.88. The van der Waals surface area contributed by atoms with Crippen LogP contribution in [0.3, 0.4) is 0 Å². The maximum absolute atomic E-state index is 12.5. The molecule has 0 saturated carbocycles. The molecule has 138 valence electrons. The van der Waals surface area contributed by atoms with Gasteiger partial charge in [0, 0.05) is 24.2 Å². The molecule has 0 radical (unpaired) electrons. The Morgan fingerprint density at radius 3 is 2.58 bits per heavy atom. The number of aliphatic imine (C=N–C) groups is 1. The first-order valence-electron chi connectivity index (χ1n) is 8.59. The molecule has 2 rings (SSSR count). The first kappa shape index (κ1) is 20.0. The highest BCUT2D eigenvalue weighted by atomic mass is 35.5. The molecule has 0 heterocycles. The Balaban J connectivity index is 2.13. The second-order valence-electron chi connectivity index (χ2n) is 6.44. The van der Waals surface area contributed by atoms with Gasteiger partial charge >= 0.3 is 5.97 Å². The van der Waals surface area contributed by atoms with Crippen LogP contribution in [-0.2, 0) is 11.3 Å². The summed E-state index contributed by atoms with van der Waals surface area (Å²) in [4.78, 5) is 19.0. The molecule has 0 amide bonds. The first-order chi connectivity index (χ1) is 12.3. The third kappa shape index (κ3) is 5.09.